The molecule has 1 N–H and O–H groups in total. The van der Waals surface area contributed by atoms with E-state index in [1.807, 2.05) is 38.1 Å². The van der Waals surface area contributed by atoms with Crippen molar-refractivity contribution < 1.29 is 4.79 Å². The van der Waals surface area contributed by atoms with E-state index in [1.54, 1.807) is 22.1 Å². The number of benzene rings is 1. The predicted molar refractivity (Wildman–Crippen MR) is 120 cm³/mol. The monoisotopic (exact) mass is 420 g/mol. The quantitative estimate of drug-likeness (QED) is 0.495. The summed E-state index contributed by atoms with van der Waals surface area (Å²) >= 11 is 1.56. The van der Waals surface area contributed by atoms with E-state index in [-0.39, 0.29) is 17.9 Å². The Labute approximate surface area is 178 Å². The molecule has 0 saturated carbocycles. The van der Waals surface area contributed by atoms with Crippen LogP contribution in [0.5, 0.6) is 0 Å². The lowest BCUT2D eigenvalue weighted by Crippen LogP contribution is -2.32. The lowest BCUT2D eigenvalue weighted by molar-refractivity contribution is 0.0970. The zero-order valence-corrected chi connectivity index (χ0v) is 18.0. The van der Waals surface area contributed by atoms with Gasteiger partial charge in [-0.15, -0.1) is 11.3 Å². The highest BCUT2D eigenvalue weighted by atomic mass is 32.1. The summed E-state index contributed by atoms with van der Waals surface area (Å²) < 4.78 is 1.60. The van der Waals surface area contributed by atoms with Crippen molar-refractivity contribution >= 4 is 38.2 Å². The van der Waals surface area contributed by atoms with Crippen LogP contribution in [0.3, 0.4) is 0 Å². The van der Waals surface area contributed by atoms with E-state index >= 15 is 0 Å². The van der Waals surface area contributed by atoms with Gasteiger partial charge in [-0.2, -0.15) is 0 Å². The van der Waals surface area contributed by atoms with Gasteiger partial charge in [-0.3, -0.25) is 19.1 Å². The lowest BCUT2D eigenvalue weighted by atomic mass is 10.1. The first-order valence-electron chi connectivity index (χ1n) is 10.3. The number of thiophene rings is 1. The van der Waals surface area contributed by atoms with Crippen LogP contribution in [0.1, 0.15) is 39.5 Å². The minimum absolute atomic E-state index is 0.00112. The number of ketones is 1. The molecule has 0 aliphatic carbocycles. The van der Waals surface area contributed by atoms with Gasteiger partial charge >= 0.3 is 0 Å². The van der Waals surface area contributed by atoms with Crippen LogP contribution in [-0.2, 0) is 13.1 Å². The summed E-state index contributed by atoms with van der Waals surface area (Å²) in [6.45, 7) is 6.59. The van der Waals surface area contributed by atoms with Crippen molar-refractivity contribution in [2.24, 2.45) is 0 Å². The first-order chi connectivity index (χ1) is 14.5. The fraction of sp³-hybridized carbons (Fsp3) is 0.348. The molecule has 0 amide bonds. The van der Waals surface area contributed by atoms with E-state index in [0.717, 1.165) is 52.1 Å². The molecule has 0 atom stereocenters. The first kappa shape index (κ1) is 19.2. The third-order valence-corrected chi connectivity index (χ3v) is 7.22. The lowest BCUT2D eigenvalue weighted by Gasteiger charge is -2.18. The number of aromatic nitrogens is 3. The Morgan fingerprint density at radius 1 is 1.20 bits per heavy atom. The summed E-state index contributed by atoms with van der Waals surface area (Å²) in [6, 6.07) is 7.73. The number of likely N-dealkylation sites (tertiary alicyclic amines) is 1. The zero-order chi connectivity index (χ0) is 20.8. The fourth-order valence-electron chi connectivity index (χ4n) is 4.32. The van der Waals surface area contributed by atoms with Gasteiger partial charge in [0, 0.05) is 27.5 Å². The third-order valence-electron chi connectivity index (χ3n) is 6.12. The molecule has 0 radical (unpaired) electrons. The molecule has 0 bridgehead atoms. The van der Waals surface area contributed by atoms with Crippen LogP contribution in [-0.4, -0.2) is 38.3 Å². The summed E-state index contributed by atoms with van der Waals surface area (Å²) in [5, 5.41) is 1.53. The number of hydrogen-bond donors (Lipinski definition) is 1. The molecule has 0 unspecified atom stereocenters. The largest absolute Gasteiger partial charge is 0.360 e. The Morgan fingerprint density at radius 3 is 2.77 bits per heavy atom. The van der Waals surface area contributed by atoms with Crippen LogP contribution in [0.2, 0.25) is 0 Å². The van der Waals surface area contributed by atoms with Gasteiger partial charge in [0.05, 0.1) is 18.5 Å². The molecule has 1 aliphatic heterocycles. The molecule has 5 rings (SSSR count). The van der Waals surface area contributed by atoms with Gasteiger partial charge in [-0.1, -0.05) is 18.2 Å². The second-order valence-electron chi connectivity index (χ2n) is 8.04. The Balaban J connectivity index is 1.60. The molecule has 1 saturated heterocycles. The first-order valence-corrected chi connectivity index (χ1v) is 11.2. The molecular formula is C23H24N4O2S. The van der Waals surface area contributed by atoms with Crippen molar-refractivity contribution in [3.05, 3.63) is 62.6 Å². The van der Waals surface area contributed by atoms with Crippen LogP contribution in [0.15, 0.2) is 35.3 Å². The van der Waals surface area contributed by atoms with Gasteiger partial charge < -0.3 is 4.98 Å². The number of aromatic amines is 1. The number of carbonyl (C=O) groups is 1. The summed E-state index contributed by atoms with van der Waals surface area (Å²) in [7, 11) is 0. The van der Waals surface area contributed by atoms with Crippen molar-refractivity contribution in [2.75, 3.05) is 13.1 Å². The van der Waals surface area contributed by atoms with Gasteiger partial charge in [0.2, 0.25) is 0 Å². The van der Waals surface area contributed by atoms with Crippen molar-refractivity contribution in [2.45, 2.75) is 39.8 Å². The summed E-state index contributed by atoms with van der Waals surface area (Å²) in [5.41, 5.74) is 2.39. The summed E-state index contributed by atoms with van der Waals surface area (Å²) in [5.74, 6) is 0.604. The summed E-state index contributed by atoms with van der Waals surface area (Å²) in [6.07, 6.45) is 4.07. The number of para-hydroxylation sites is 1. The number of rotatable bonds is 5. The normalized spacial score (nSPS) is 14.9. The highest BCUT2D eigenvalue weighted by Crippen LogP contribution is 2.27. The van der Waals surface area contributed by atoms with E-state index in [4.69, 9.17) is 4.98 Å². The number of nitrogens with one attached hydrogen (secondary N) is 1. The standard InChI is InChI=1S/C23H24N4O2S/c1-14-15(2)30-22-21(14)23(29)27(20(25-22)13-26-9-5-6-10-26)12-19(28)17-11-24-18-8-4-3-7-16(17)18/h3-4,7-8,11,24H,5-6,9-10,12-13H2,1-2H3. The fourth-order valence-corrected chi connectivity index (χ4v) is 5.36. The molecule has 30 heavy (non-hydrogen) atoms. The second-order valence-corrected chi connectivity index (χ2v) is 9.24. The number of fused-ring (bicyclic) bond motifs is 2. The highest BCUT2D eigenvalue weighted by Gasteiger charge is 2.22. The minimum atomic E-state index is -0.107. The Morgan fingerprint density at radius 2 is 1.97 bits per heavy atom. The Bertz CT molecular complexity index is 1320. The van der Waals surface area contributed by atoms with Crippen LogP contribution in [0.25, 0.3) is 21.1 Å². The van der Waals surface area contributed by atoms with E-state index in [0.29, 0.717) is 23.3 Å². The van der Waals surface area contributed by atoms with Crippen LogP contribution < -0.4 is 5.56 Å². The molecule has 4 aromatic rings. The number of Topliss-reactive ketones (excluding diaryl/α,β-unsaturated/α-hetero) is 1. The van der Waals surface area contributed by atoms with Gasteiger partial charge in [0.1, 0.15) is 10.7 Å². The molecule has 4 heterocycles. The Hall–Kier alpha value is -2.77. The van der Waals surface area contributed by atoms with Crippen LogP contribution in [0, 0.1) is 13.8 Å². The molecule has 1 aliphatic rings. The molecule has 7 heteroatoms. The van der Waals surface area contributed by atoms with Crippen LogP contribution in [0.4, 0.5) is 0 Å². The molecule has 1 fully saturated rings. The maximum atomic E-state index is 13.5. The van der Waals surface area contributed by atoms with E-state index < -0.39 is 0 Å². The van der Waals surface area contributed by atoms with E-state index in [9.17, 15) is 9.59 Å². The number of nitrogens with zero attached hydrogens (tertiary/aromatic N) is 3. The van der Waals surface area contributed by atoms with Crippen molar-refractivity contribution in [1.82, 2.24) is 19.4 Å². The maximum absolute atomic E-state index is 13.5. The van der Waals surface area contributed by atoms with E-state index in [2.05, 4.69) is 9.88 Å². The highest BCUT2D eigenvalue weighted by molar-refractivity contribution is 7.18. The smallest absolute Gasteiger partial charge is 0.263 e. The van der Waals surface area contributed by atoms with Crippen molar-refractivity contribution in [3.63, 3.8) is 0 Å². The Kier molecular flexibility index (Phi) is 4.79. The number of aryl methyl sites for hydroxylation is 2. The third kappa shape index (κ3) is 3.18. The second kappa shape index (κ2) is 7.49. The van der Waals surface area contributed by atoms with Gasteiger partial charge in [-0.25, -0.2) is 4.98 Å². The molecule has 3 aromatic heterocycles. The van der Waals surface area contributed by atoms with Crippen LogP contribution >= 0.6 is 11.3 Å². The predicted octanol–water partition coefficient (Wildman–Crippen LogP) is 4.03. The SMILES string of the molecule is Cc1sc2nc(CN3CCCC3)n(CC(=O)c3c[nH]c4ccccc34)c(=O)c2c1C. The topological polar surface area (TPSA) is 71.0 Å². The van der Waals surface area contributed by atoms with Crippen molar-refractivity contribution in [3.8, 4) is 0 Å². The molecule has 154 valence electrons. The average molecular weight is 421 g/mol. The van der Waals surface area contributed by atoms with Gasteiger partial charge in [-0.05, 0) is 51.4 Å². The molecular weight excluding hydrogens is 396 g/mol. The molecule has 6 nitrogen and oxygen atoms in total. The summed E-state index contributed by atoms with van der Waals surface area (Å²) in [4.78, 5) is 38.9. The maximum Gasteiger partial charge on any atom is 0.263 e. The van der Waals surface area contributed by atoms with Gasteiger partial charge in [0.15, 0.2) is 5.78 Å². The number of H-pyrrole nitrogens is 1. The van der Waals surface area contributed by atoms with Crippen molar-refractivity contribution in [1.29, 1.82) is 0 Å². The molecule has 0 spiro atoms. The molecule has 1 aromatic carbocycles. The number of carbonyl (C=O) groups excluding carboxylic acids is 1. The minimum Gasteiger partial charge on any atom is -0.360 e. The number of hydrogen-bond acceptors (Lipinski definition) is 5. The van der Waals surface area contributed by atoms with Gasteiger partial charge in [0.25, 0.3) is 5.56 Å². The average Bonchev–Trinajstić information content (AvgIpc) is 3.45. The zero-order valence-electron chi connectivity index (χ0n) is 17.2. The van der Waals surface area contributed by atoms with E-state index in [1.165, 1.54) is 0 Å².